The Morgan fingerprint density at radius 1 is 1.12 bits per heavy atom. The molecule has 0 unspecified atom stereocenters. The van der Waals surface area contributed by atoms with Crippen LogP contribution in [0.4, 0.5) is 21.6 Å². The second-order valence-corrected chi connectivity index (χ2v) is 7.47. The number of ether oxygens (including phenoxy) is 1. The number of anilines is 2. The highest BCUT2D eigenvalue weighted by Gasteiger charge is 2.13. The molecular formula is C24H20FN5O2S. The summed E-state index contributed by atoms with van der Waals surface area (Å²) >= 11 is 4.79. The summed E-state index contributed by atoms with van der Waals surface area (Å²) in [6, 6.07) is 17.2. The van der Waals surface area contributed by atoms with Crippen LogP contribution >= 0.6 is 0 Å². The Morgan fingerprint density at radius 2 is 1.94 bits per heavy atom. The van der Waals surface area contributed by atoms with Crippen molar-refractivity contribution >= 4 is 46.4 Å². The van der Waals surface area contributed by atoms with Gasteiger partial charge in [-0.3, -0.25) is 4.79 Å². The number of benzene rings is 3. The van der Waals surface area contributed by atoms with E-state index in [1.807, 2.05) is 43.3 Å². The number of aromatic nitrogens is 2. The van der Waals surface area contributed by atoms with Crippen molar-refractivity contribution in [3.63, 3.8) is 0 Å². The average Bonchev–Trinajstić information content (AvgIpc) is 2.83. The highest BCUT2D eigenvalue weighted by Crippen LogP contribution is 2.33. The summed E-state index contributed by atoms with van der Waals surface area (Å²) in [5, 5.41) is 6.72. The number of hydrogen-bond donors (Lipinski definition) is 2. The minimum Gasteiger partial charge on any atom is -0.481 e. The van der Waals surface area contributed by atoms with Gasteiger partial charge >= 0.3 is 0 Å². The molecule has 0 aliphatic rings. The molecule has 7 nitrogen and oxygen atoms in total. The number of hydrogen-bond acceptors (Lipinski definition) is 7. The maximum absolute atomic E-state index is 13.9. The molecule has 0 atom stereocenters. The second kappa shape index (κ2) is 10.1. The molecule has 0 saturated heterocycles. The molecule has 3 aromatic carbocycles. The van der Waals surface area contributed by atoms with Crippen LogP contribution in [0.25, 0.3) is 10.9 Å². The summed E-state index contributed by atoms with van der Waals surface area (Å²) in [7, 11) is 0. The fourth-order valence-corrected chi connectivity index (χ4v) is 3.46. The SMILES string of the molecule is Cc1cc(N=S)cc2ncnc(Nc3ccc(F)cc3OCC(=O)NCc3ccccc3)c12. The van der Waals surface area contributed by atoms with Crippen molar-refractivity contribution < 1.29 is 13.9 Å². The van der Waals surface area contributed by atoms with E-state index in [0.29, 0.717) is 29.3 Å². The molecular weight excluding hydrogens is 441 g/mol. The normalized spacial score (nSPS) is 10.6. The van der Waals surface area contributed by atoms with Crippen molar-refractivity contribution in [3.8, 4) is 5.75 Å². The third kappa shape index (κ3) is 5.45. The number of nitrogens with one attached hydrogen (secondary N) is 2. The lowest BCUT2D eigenvalue weighted by atomic mass is 10.1. The lowest BCUT2D eigenvalue weighted by molar-refractivity contribution is -0.123. The zero-order valence-corrected chi connectivity index (χ0v) is 18.5. The van der Waals surface area contributed by atoms with Crippen molar-refractivity contribution in [2.75, 3.05) is 11.9 Å². The second-order valence-electron chi connectivity index (χ2n) is 7.29. The number of carbonyl (C=O) groups is 1. The number of nitrogens with zero attached hydrogens (tertiary/aromatic N) is 3. The molecule has 4 rings (SSSR count). The summed E-state index contributed by atoms with van der Waals surface area (Å²) in [6.45, 7) is 2.01. The number of halogens is 1. The summed E-state index contributed by atoms with van der Waals surface area (Å²) < 4.78 is 23.4. The van der Waals surface area contributed by atoms with Gasteiger partial charge in [-0.1, -0.05) is 30.3 Å². The van der Waals surface area contributed by atoms with Crippen molar-refractivity contribution in [3.05, 3.63) is 83.9 Å². The van der Waals surface area contributed by atoms with Crippen LogP contribution in [0.1, 0.15) is 11.1 Å². The van der Waals surface area contributed by atoms with Crippen molar-refractivity contribution in [2.24, 2.45) is 4.36 Å². The van der Waals surface area contributed by atoms with E-state index >= 15 is 0 Å². The zero-order valence-electron chi connectivity index (χ0n) is 17.7. The smallest absolute Gasteiger partial charge is 0.258 e. The standard InChI is InChI=1S/C24H20FN5O2S/c1-15-9-18(30-33)11-20-23(15)24(28-14-27-20)29-19-8-7-17(25)10-21(19)32-13-22(31)26-12-16-5-3-2-4-6-16/h2-11,14H,12-13H2,1H3,(H,26,31)(H,27,28,29). The molecule has 2 N–H and O–H groups in total. The number of fused-ring (bicyclic) bond motifs is 1. The summed E-state index contributed by atoms with van der Waals surface area (Å²) in [5.74, 6) is -0.108. The molecule has 0 fully saturated rings. The van der Waals surface area contributed by atoms with Crippen LogP contribution < -0.4 is 15.4 Å². The van der Waals surface area contributed by atoms with Crippen molar-refractivity contribution in [1.29, 1.82) is 0 Å². The van der Waals surface area contributed by atoms with Crippen LogP contribution in [0, 0.1) is 12.7 Å². The monoisotopic (exact) mass is 461 g/mol. The minimum atomic E-state index is -0.485. The summed E-state index contributed by atoms with van der Waals surface area (Å²) in [6.07, 6.45) is 1.42. The number of carbonyl (C=O) groups excluding carboxylic acids is 1. The molecule has 1 heterocycles. The van der Waals surface area contributed by atoms with Gasteiger partial charge in [0.05, 0.1) is 16.9 Å². The van der Waals surface area contributed by atoms with Gasteiger partial charge in [0.15, 0.2) is 6.61 Å². The molecule has 0 aliphatic carbocycles. The Labute approximate surface area is 195 Å². The van der Waals surface area contributed by atoms with Gasteiger partial charge in [-0.25, -0.2) is 14.4 Å². The Hall–Kier alpha value is -3.98. The van der Waals surface area contributed by atoms with E-state index in [9.17, 15) is 9.18 Å². The van der Waals surface area contributed by atoms with E-state index < -0.39 is 5.82 Å². The van der Waals surface area contributed by atoms with Gasteiger partial charge in [-0.15, -0.1) is 0 Å². The molecule has 0 spiro atoms. The lowest BCUT2D eigenvalue weighted by Crippen LogP contribution is -2.28. The maximum Gasteiger partial charge on any atom is 0.258 e. The van der Waals surface area contributed by atoms with Crippen LogP contribution in [-0.4, -0.2) is 22.5 Å². The van der Waals surface area contributed by atoms with E-state index in [1.54, 1.807) is 6.07 Å². The Balaban J connectivity index is 1.52. The molecule has 33 heavy (non-hydrogen) atoms. The van der Waals surface area contributed by atoms with Crippen LogP contribution in [-0.2, 0) is 23.8 Å². The van der Waals surface area contributed by atoms with E-state index in [2.05, 4.69) is 25.0 Å². The Morgan fingerprint density at radius 3 is 2.73 bits per heavy atom. The van der Waals surface area contributed by atoms with E-state index in [-0.39, 0.29) is 18.3 Å². The molecule has 0 aliphatic heterocycles. The van der Waals surface area contributed by atoms with Crippen LogP contribution in [0.5, 0.6) is 5.75 Å². The minimum absolute atomic E-state index is 0.187. The van der Waals surface area contributed by atoms with Gasteiger partial charge in [0.1, 0.15) is 23.7 Å². The van der Waals surface area contributed by atoms with Crippen LogP contribution in [0.2, 0.25) is 0 Å². The van der Waals surface area contributed by atoms with Gasteiger partial charge in [0.2, 0.25) is 0 Å². The lowest BCUT2D eigenvalue weighted by Gasteiger charge is -2.15. The largest absolute Gasteiger partial charge is 0.481 e. The van der Waals surface area contributed by atoms with Gasteiger partial charge < -0.3 is 15.4 Å². The van der Waals surface area contributed by atoms with E-state index in [0.717, 1.165) is 16.5 Å². The molecule has 0 bridgehead atoms. The average molecular weight is 462 g/mol. The zero-order chi connectivity index (χ0) is 23.2. The molecule has 1 amide bonds. The van der Waals surface area contributed by atoms with Crippen molar-refractivity contribution in [1.82, 2.24) is 15.3 Å². The van der Waals surface area contributed by atoms with E-state index in [4.69, 9.17) is 17.2 Å². The molecule has 9 heteroatoms. The first-order chi connectivity index (χ1) is 16.0. The Kier molecular flexibility index (Phi) is 6.80. The quantitative estimate of drug-likeness (QED) is 0.389. The fourth-order valence-electron chi connectivity index (χ4n) is 3.36. The first kappa shape index (κ1) is 22.2. The maximum atomic E-state index is 13.9. The van der Waals surface area contributed by atoms with Crippen LogP contribution in [0.15, 0.2) is 71.4 Å². The summed E-state index contributed by atoms with van der Waals surface area (Å²) in [4.78, 5) is 20.9. The third-order valence-corrected chi connectivity index (χ3v) is 5.12. The van der Waals surface area contributed by atoms with Crippen LogP contribution in [0.3, 0.4) is 0 Å². The Bertz CT molecular complexity index is 1320. The summed E-state index contributed by atoms with van der Waals surface area (Å²) in [5.41, 5.74) is 3.61. The van der Waals surface area contributed by atoms with E-state index in [1.165, 1.54) is 24.5 Å². The number of aryl methyl sites for hydroxylation is 1. The highest BCUT2D eigenvalue weighted by molar-refractivity contribution is 7.47. The van der Waals surface area contributed by atoms with Gasteiger partial charge in [-0.05, 0) is 42.3 Å². The van der Waals surface area contributed by atoms with Crippen molar-refractivity contribution in [2.45, 2.75) is 13.5 Å². The predicted molar refractivity (Wildman–Crippen MR) is 127 cm³/mol. The molecule has 166 valence electrons. The predicted octanol–water partition coefficient (Wildman–Crippen LogP) is 4.88. The fraction of sp³-hybridized carbons (Fsp3) is 0.125. The molecule has 0 radical (unpaired) electrons. The first-order valence-electron chi connectivity index (χ1n) is 10.1. The topological polar surface area (TPSA) is 88.5 Å². The highest BCUT2D eigenvalue weighted by atomic mass is 32.1. The molecule has 4 aromatic rings. The van der Waals surface area contributed by atoms with Gasteiger partial charge in [0, 0.05) is 30.4 Å². The molecule has 1 aromatic heterocycles. The third-order valence-electron chi connectivity index (χ3n) is 4.91. The first-order valence-corrected chi connectivity index (χ1v) is 10.5. The van der Waals surface area contributed by atoms with Gasteiger partial charge in [0.25, 0.3) is 5.91 Å². The number of rotatable bonds is 8. The number of amides is 1. The molecule has 0 saturated carbocycles. The van der Waals surface area contributed by atoms with Gasteiger partial charge in [-0.2, -0.15) is 4.36 Å².